The van der Waals surface area contributed by atoms with E-state index in [2.05, 4.69) is 18.7 Å². The van der Waals surface area contributed by atoms with Crippen molar-refractivity contribution in [2.75, 3.05) is 6.67 Å². The number of rotatable bonds is 3. The summed E-state index contributed by atoms with van der Waals surface area (Å²) in [7, 11) is 0. The Morgan fingerprint density at radius 2 is 2.11 bits per heavy atom. The Kier molecular flexibility index (Phi) is 2.09. The minimum Gasteiger partial charge on any atom is -0.284 e. The molecule has 0 atom stereocenters. The molecule has 0 bridgehead atoms. The third-order valence-electron chi connectivity index (χ3n) is 1.86. The zero-order chi connectivity index (χ0) is 6.85. The quantitative estimate of drug-likeness (QED) is 0.557. The molecule has 0 amide bonds. The monoisotopic (exact) mass is 127 g/mol. The molecule has 1 fully saturated rings. The van der Waals surface area contributed by atoms with Gasteiger partial charge in [0, 0.05) is 12.1 Å². The maximum Gasteiger partial charge on any atom is 0.0620 e. The highest BCUT2D eigenvalue weighted by molar-refractivity contribution is 4.84. The summed E-state index contributed by atoms with van der Waals surface area (Å²) in [6, 6.07) is 1.32. The Bertz CT molecular complexity index is 84.9. The Morgan fingerprint density at radius 3 is 2.22 bits per heavy atom. The smallest absolute Gasteiger partial charge is 0.0620 e. The van der Waals surface area contributed by atoms with Crippen molar-refractivity contribution in [2.45, 2.75) is 38.8 Å². The summed E-state index contributed by atoms with van der Waals surface area (Å²) >= 11 is 0. The number of nitrogens with one attached hydrogen (secondary N) is 1. The molecule has 0 aromatic rings. The Labute approximate surface area is 57.0 Å². The van der Waals surface area contributed by atoms with Gasteiger partial charge in [-0.2, -0.15) is 0 Å². The van der Waals surface area contributed by atoms with Crippen molar-refractivity contribution in [3.05, 3.63) is 0 Å². The van der Waals surface area contributed by atoms with Gasteiger partial charge in [0.05, 0.1) is 6.67 Å². The van der Waals surface area contributed by atoms with E-state index in [1.54, 1.807) is 0 Å². The minimum atomic E-state index is 0.475. The molecule has 1 radical (unpaired) electrons. The Morgan fingerprint density at radius 1 is 1.56 bits per heavy atom. The summed E-state index contributed by atoms with van der Waals surface area (Å²) in [5, 5.41) is 0. The molecule has 53 valence electrons. The molecule has 0 saturated heterocycles. The molecule has 0 spiro atoms. The van der Waals surface area contributed by atoms with E-state index in [1.807, 2.05) is 0 Å². The molecule has 0 unspecified atom stereocenters. The predicted octanol–water partition coefficient (Wildman–Crippen LogP) is 1.10. The van der Waals surface area contributed by atoms with Crippen LogP contribution in [-0.4, -0.2) is 23.7 Å². The van der Waals surface area contributed by atoms with Gasteiger partial charge in [-0.3, -0.25) is 4.90 Å². The van der Waals surface area contributed by atoms with Crippen molar-refractivity contribution in [2.24, 2.45) is 0 Å². The van der Waals surface area contributed by atoms with Gasteiger partial charge in [-0.15, -0.1) is 0 Å². The van der Waals surface area contributed by atoms with Crippen molar-refractivity contribution < 1.29 is 0 Å². The molecule has 0 aliphatic heterocycles. The Hall–Kier alpha value is -0.0800. The minimum absolute atomic E-state index is 0.475. The molecule has 1 aliphatic rings. The van der Waals surface area contributed by atoms with Gasteiger partial charge in [-0.1, -0.05) is 0 Å². The van der Waals surface area contributed by atoms with E-state index >= 15 is 0 Å². The van der Waals surface area contributed by atoms with Crippen LogP contribution in [-0.2, 0) is 0 Å². The highest BCUT2D eigenvalue weighted by Gasteiger charge is 2.29. The van der Waals surface area contributed by atoms with Gasteiger partial charge in [0.15, 0.2) is 0 Å². The summed E-state index contributed by atoms with van der Waals surface area (Å²) in [4.78, 5) is 2.24. The van der Waals surface area contributed by atoms with E-state index in [9.17, 15) is 0 Å². The largest absolute Gasteiger partial charge is 0.284 e. The van der Waals surface area contributed by atoms with Crippen molar-refractivity contribution in [3.63, 3.8) is 0 Å². The molecule has 2 nitrogen and oxygen atoms in total. The van der Waals surface area contributed by atoms with E-state index in [4.69, 9.17) is 5.73 Å². The van der Waals surface area contributed by atoms with E-state index < -0.39 is 0 Å². The normalized spacial score (nSPS) is 19.7. The van der Waals surface area contributed by atoms with Crippen LogP contribution in [0.3, 0.4) is 0 Å². The lowest BCUT2D eigenvalue weighted by Gasteiger charge is -2.23. The average Bonchev–Trinajstić information content (AvgIpc) is 2.50. The van der Waals surface area contributed by atoms with Gasteiger partial charge in [-0.25, -0.2) is 5.73 Å². The van der Waals surface area contributed by atoms with E-state index in [0.717, 1.165) is 6.04 Å². The molecular weight excluding hydrogens is 112 g/mol. The van der Waals surface area contributed by atoms with Crippen molar-refractivity contribution in [1.82, 2.24) is 10.6 Å². The van der Waals surface area contributed by atoms with Crippen LogP contribution in [0.15, 0.2) is 0 Å². The maximum atomic E-state index is 7.19. The SMILES string of the molecule is CC(C)N(C[NH])C1CC1. The van der Waals surface area contributed by atoms with Gasteiger partial charge < -0.3 is 0 Å². The predicted molar refractivity (Wildman–Crippen MR) is 38.0 cm³/mol. The first-order valence-corrected chi connectivity index (χ1v) is 3.66. The number of nitrogens with zero attached hydrogens (tertiary/aromatic N) is 1. The van der Waals surface area contributed by atoms with E-state index in [-0.39, 0.29) is 0 Å². The van der Waals surface area contributed by atoms with Gasteiger partial charge in [0.2, 0.25) is 0 Å². The number of hydrogen-bond acceptors (Lipinski definition) is 1. The third kappa shape index (κ3) is 1.66. The molecular formula is C7H15N2. The Balaban J connectivity index is 2.28. The van der Waals surface area contributed by atoms with Crippen LogP contribution in [0.1, 0.15) is 26.7 Å². The van der Waals surface area contributed by atoms with Crippen LogP contribution in [0.5, 0.6) is 0 Å². The molecule has 1 rings (SSSR count). The molecule has 0 heterocycles. The fourth-order valence-electron chi connectivity index (χ4n) is 1.14. The maximum absolute atomic E-state index is 7.19. The molecule has 2 heteroatoms. The van der Waals surface area contributed by atoms with Crippen LogP contribution < -0.4 is 5.73 Å². The zero-order valence-corrected chi connectivity index (χ0v) is 6.22. The van der Waals surface area contributed by atoms with Gasteiger partial charge >= 0.3 is 0 Å². The first kappa shape index (κ1) is 7.03. The average molecular weight is 127 g/mol. The first-order valence-electron chi connectivity index (χ1n) is 3.66. The van der Waals surface area contributed by atoms with Gasteiger partial charge in [0.1, 0.15) is 0 Å². The molecule has 1 N–H and O–H groups in total. The molecule has 9 heavy (non-hydrogen) atoms. The van der Waals surface area contributed by atoms with Crippen LogP contribution >= 0.6 is 0 Å². The third-order valence-corrected chi connectivity index (χ3v) is 1.86. The van der Waals surface area contributed by atoms with Crippen molar-refractivity contribution in [3.8, 4) is 0 Å². The van der Waals surface area contributed by atoms with E-state index in [0.29, 0.717) is 12.7 Å². The first-order chi connectivity index (χ1) is 4.25. The second-order valence-electron chi connectivity index (χ2n) is 3.00. The summed E-state index contributed by atoms with van der Waals surface area (Å²) in [6.45, 7) is 4.79. The molecule has 0 aromatic heterocycles. The standard InChI is InChI=1S/C7H15N2/c1-6(2)9(5-8)7-3-4-7/h6-8H,3-5H2,1-2H3. The van der Waals surface area contributed by atoms with Gasteiger partial charge in [0.25, 0.3) is 0 Å². The van der Waals surface area contributed by atoms with Crippen LogP contribution in [0, 0.1) is 0 Å². The molecule has 0 aromatic carbocycles. The number of hydrogen-bond donors (Lipinski definition) is 0. The van der Waals surface area contributed by atoms with Crippen molar-refractivity contribution in [1.29, 1.82) is 0 Å². The van der Waals surface area contributed by atoms with Gasteiger partial charge in [-0.05, 0) is 26.7 Å². The summed E-state index contributed by atoms with van der Waals surface area (Å²) in [5.41, 5.74) is 7.19. The zero-order valence-electron chi connectivity index (χ0n) is 6.22. The second-order valence-corrected chi connectivity index (χ2v) is 3.00. The molecule has 1 saturated carbocycles. The van der Waals surface area contributed by atoms with Crippen LogP contribution in [0.4, 0.5) is 0 Å². The summed E-state index contributed by atoms with van der Waals surface area (Å²) in [6.07, 6.45) is 2.63. The van der Waals surface area contributed by atoms with Crippen molar-refractivity contribution >= 4 is 0 Å². The fourth-order valence-corrected chi connectivity index (χ4v) is 1.14. The van der Waals surface area contributed by atoms with E-state index in [1.165, 1.54) is 12.8 Å². The highest BCUT2D eigenvalue weighted by Crippen LogP contribution is 2.27. The molecule has 1 aliphatic carbocycles. The summed E-state index contributed by atoms with van der Waals surface area (Å²) < 4.78 is 0. The topological polar surface area (TPSA) is 27.0 Å². The fraction of sp³-hybridized carbons (Fsp3) is 1.00. The second kappa shape index (κ2) is 2.67. The lowest BCUT2D eigenvalue weighted by molar-refractivity contribution is 0.214. The highest BCUT2D eigenvalue weighted by atomic mass is 15.2. The summed E-state index contributed by atoms with van der Waals surface area (Å²) in [5.74, 6) is 0. The van der Waals surface area contributed by atoms with Crippen LogP contribution in [0.25, 0.3) is 0 Å². The lowest BCUT2D eigenvalue weighted by Crippen LogP contribution is -2.34. The van der Waals surface area contributed by atoms with Crippen LogP contribution in [0.2, 0.25) is 0 Å². The lowest BCUT2D eigenvalue weighted by atomic mass is 10.3.